The second kappa shape index (κ2) is 8.16. The van der Waals surface area contributed by atoms with E-state index in [0.717, 1.165) is 31.5 Å². The molecule has 0 saturated carbocycles. The molecule has 2 heterocycles. The van der Waals surface area contributed by atoms with E-state index in [2.05, 4.69) is 22.5 Å². The smallest absolute Gasteiger partial charge is 0.317 e. The number of nitrogens with one attached hydrogen (secondary N) is 1. The molecule has 1 fully saturated rings. The molecule has 1 aliphatic rings. The van der Waals surface area contributed by atoms with Gasteiger partial charge in [0, 0.05) is 37.9 Å². The molecule has 3 rings (SSSR count). The predicted molar refractivity (Wildman–Crippen MR) is 96.6 cm³/mol. The van der Waals surface area contributed by atoms with Crippen molar-refractivity contribution < 1.29 is 9.90 Å². The third kappa shape index (κ3) is 4.60. The summed E-state index contributed by atoms with van der Waals surface area (Å²) in [6, 6.07) is 10.1. The molecule has 2 aromatic rings. The summed E-state index contributed by atoms with van der Waals surface area (Å²) >= 11 is 0. The SMILES string of the molecule is CC(O)C1CCCN(C(=O)NCCc2ccc(-n3cccn3)cc2)C1. The Morgan fingerprint density at radius 1 is 1.40 bits per heavy atom. The van der Waals surface area contributed by atoms with E-state index in [1.54, 1.807) is 13.1 Å². The average molecular weight is 342 g/mol. The number of hydrogen-bond donors (Lipinski definition) is 2. The summed E-state index contributed by atoms with van der Waals surface area (Å²) in [6.07, 6.45) is 6.05. The van der Waals surface area contributed by atoms with Crippen LogP contribution in [0.5, 0.6) is 0 Å². The Morgan fingerprint density at radius 2 is 2.20 bits per heavy atom. The molecule has 0 radical (unpaired) electrons. The number of rotatable bonds is 5. The Balaban J connectivity index is 1.45. The van der Waals surface area contributed by atoms with Gasteiger partial charge < -0.3 is 15.3 Å². The van der Waals surface area contributed by atoms with E-state index in [1.807, 2.05) is 34.0 Å². The first kappa shape index (κ1) is 17.5. The lowest BCUT2D eigenvalue weighted by molar-refractivity contribution is 0.0740. The van der Waals surface area contributed by atoms with Crippen molar-refractivity contribution >= 4 is 6.03 Å². The Hall–Kier alpha value is -2.34. The molecule has 134 valence electrons. The van der Waals surface area contributed by atoms with Crippen molar-refractivity contribution in [1.82, 2.24) is 20.0 Å². The first-order chi connectivity index (χ1) is 12.1. The maximum atomic E-state index is 12.3. The van der Waals surface area contributed by atoms with E-state index in [4.69, 9.17) is 0 Å². The van der Waals surface area contributed by atoms with Crippen molar-refractivity contribution in [3.63, 3.8) is 0 Å². The summed E-state index contributed by atoms with van der Waals surface area (Å²) in [7, 11) is 0. The van der Waals surface area contributed by atoms with E-state index < -0.39 is 0 Å². The molecule has 1 aliphatic heterocycles. The second-order valence-electron chi connectivity index (χ2n) is 6.69. The third-order valence-corrected chi connectivity index (χ3v) is 4.82. The minimum atomic E-state index is -0.357. The van der Waals surface area contributed by atoms with Crippen LogP contribution in [0.15, 0.2) is 42.7 Å². The summed E-state index contributed by atoms with van der Waals surface area (Å²) < 4.78 is 1.82. The molecule has 1 aromatic heterocycles. The van der Waals surface area contributed by atoms with Crippen LogP contribution in [-0.2, 0) is 6.42 Å². The maximum absolute atomic E-state index is 12.3. The van der Waals surface area contributed by atoms with Gasteiger partial charge in [0.15, 0.2) is 0 Å². The van der Waals surface area contributed by atoms with Crippen molar-refractivity contribution in [2.75, 3.05) is 19.6 Å². The summed E-state index contributed by atoms with van der Waals surface area (Å²) in [6.45, 7) is 3.82. The van der Waals surface area contributed by atoms with Crippen molar-refractivity contribution in [3.05, 3.63) is 48.3 Å². The zero-order valence-electron chi connectivity index (χ0n) is 14.6. The molecule has 1 saturated heterocycles. The molecule has 2 N–H and O–H groups in total. The van der Waals surface area contributed by atoms with Gasteiger partial charge in [-0.1, -0.05) is 12.1 Å². The lowest BCUT2D eigenvalue weighted by Crippen LogP contribution is -2.47. The van der Waals surface area contributed by atoms with Gasteiger partial charge in [-0.2, -0.15) is 5.10 Å². The number of nitrogens with zero attached hydrogens (tertiary/aromatic N) is 3. The molecule has 6 nitrogen and oxygen atoms in total. The van der Waals surface area contributed by atoms with Crippen LogP contribution in [0, 0.1) is 5.92 Å². The van der Waals surface area contributed by atoms with Gasteiger partial charge in [-0.05, 0) is 49.9 Å². The molecule has 1 aromatic carbocycles. The number of likely N-dealkylation sites (tertiary alicyclic amines) is 1. The van der Waals surface area contributed by atoms with Gasteiger partial charge in [0.05, 0.1) is 11.8 Å². The first-order valence-electron chi connectivity index (χ1n) is 8.93. The number of urea groups is 1. The Kier molecular flexibility index (Phi) is 5.71. The highest BCUT2D eigenvalue weighted by Gasteiger charge is 2.26. The molecule has 0 bridgehead atoms. The molecule has 6 heteroatoms. The number of aliphatic hydroxyl groups is 1. The first-order valence-corrected chi connectivity index (χ1v) is 8.93. The Bertz CT molecular complexity index is 667. The molecule has 0 aliphatic carbocycles. The number of carbonyl (C=O) groups is 1. The largest absolute Gasteiger partial charge is 0.393 e. The summed E-state index contributed by atoms with van der Waals surface area (Å²) in [4.78, 5) is 14.1. The predicted octanol–water partition coefficient (Wildman–Crippen LogP) is 2.22. The van der Waals surface area contributed by atoms with Gasteiger partial charge in [-0.15, -0.1) is 0 Å². The normalized spacial score (nSPS) is 18.8. The lowest BCUT2D eigenvalue weighted by atomic mass is 9.94. The van der Waals surface area contributed by atoms with E-state index >= 15 is 0 Å². The van der Waals surface area contributed by atoms with Gasteiger partial charge >= 0.3 is 6.03 Å². The van der Waals surface area contributed by atoms with Gasteiger partial charge in [-0.3, -0.25) is 0 Å². The topological polar surface area (TPSA) is 70.4 Å². The number of piperidine rings is 1. The minimum Gasteiger partial charge on any atom is -0.393 e. The highest BCUT2D eigenvalue weighted by Crippen LogP contribution is 2.19. The molecule has 25 heavy (non-hydrogen) atoms. The van der Waals surface area contributed by atoms with Gasteiger partial charge in [0.1, 0.15) is 0 Å². The third-order valence-electron chi connectivity index (χ3n) is 4.82. The Morgan fingerprint density at radius 3 is 2.88 bits per heavy atom. The minimum absolute atomic E-state index is 0.0292. The molecular formula is C19H26N4O2. The van der Waals surface area contributed by atoms with E-state index in [9.17, 15) is 9.90 Å². The molecule has 2 unspecified atom stereocenters. The maximum Gasteiger partial charge on any atom is 0.317 e. The van der Waals surface area contributed by atoms with Gasteiger partial charge in [0.25, 0.3) is 0 Å². The van der Waals surface area contributed by atoms with Crippen molar-refractivity contribution in [1.29, 1.82) is 0 Å². The number of aliphatic hydroxyl groups excluding tert-OH is 1. The van der Waals surface area contributed by atoms with Crippen LogP contribution in [0.3, 0.4) is 0 Å². The highest BCUT2D eigenvalue weighted by molar-refractivity contribution is 5.74. The van der Waals surface area contributed by atoms with Gasteiger partial charge in [-0.25, -0.2) is 9.48 Å². The number of hydrogen-bond acceptors (Lipinski definition) is 3. The zero-order valence-corrected chi connectivity index (χ0v) is 14.6. The van der Waals surface area contributed by atoms with Crippen molar-refractivity contribution in [2.24, 2.45) is 5.92 Å². The van der Waals surface area contributed by atoms with Crippen molar-refractivity contribution in [3.8, 4) is 5.69 Å². The molecule has 0 spiro atoms. The van der Waals surface area contributed by atoms with Crippen LogP contribution >= 0.6 is 0 Å². The zero-order chi connectivity index (χ0) is 17.6. The fourth-order valence-corrected chi connectivity index (χ4v) is 3.25. The molecule has 2 amide bonds. The quantitative estimate of drug-likeness (QED) is 0.875. The molecule has 2 atom stereocenters. The monoisotopic (exact) mass is 342 g/mol. The lowest BCUT2D eigenvalue weighted by Gasteiger charge is -2.34. The summed E-state index contributed by atoms with van der Waals surface area (Å²) in [5.74, 6) is 0.189. The fraction of sp³-hybridized carbons (Fsp3) is 0.474. The average Bonchev–Trinajstić information content (AvgIpc) is 3.17. The Labute approximate surface area is 148 Å². The standard InChI is InChI=1S/C19H26N4O2/c1-15(24)17-4-2-12-22(14-17)19(25)20-11-9-16-5-7-18(8-6-16)23-13-3-10-21-23/h3,5-8,10,13,15,17,24H,2,4,9,11-12,14H2,1H3,(H,20,25). The van der Waals surface area contributed by atoms with Gasteiger partial charge in [0.2, 0.25) is 0 Å². The molecular weight excluding hydrogens is 316 g/mol. The number of amides is 2. The fourth-order valence-electron chi connectivity index (χ4n) is 3.25. The number of aromatic nitrogens is 2. The number of benzene rings is 1. The van der Waals surface area contributed by atoms with Crippen LogP contribution in [0.4, 0.5) is 4.79 Å². The summed E-state index contributed by atoms with van der Waals surface area (Å²) in [5.41, 5.74) is 2.20. The summed E-state index contributed by atoms with van der Waals surface area (Å²) in [5, 5.41) is 16.9. The second-order valence-corrected chi connectivity index (χ2v) is 6.69. The van der Waals surface area contributed by atoms with Crippen LogP contribution in [-0.4, -0.2) is 51.6 Å². The number of carbonyl (C=O) groups excluding carboxylic acids is 1. The van der Waals surface area contributed by atoms with E-state index in [0.29, 0.717) is 13.1 Å². The van der Waals surface area contributed by atoms with Crippen LogP contribution in [0.25, 0.3) is 5.69 Å². The van der Waals surface area contributed by atoms with Crippen LogP contribution in [0.1, 0.15) is 25.3 Å². The highest BCUT2D eigenvalue weighted by atomic mass is 16.3. The van der Waals surface area contributed by atoms with Crippen molar-refractivity contribution in [2.45, 2.75) is 32.3 Å². The van der Waals surface area contributed by atoms with E-state index in [-0.39, 0.29) is 18.1 Å². The van der Waals surface area contributed by atoms with E-state index in [1.165, 1.54) is 5.56 Å². The van der Waals surface area contributed by atoms with Crippen LogP contribution < -0.4 is 5.32 Å². The van der Waals surface area contributed by atoms with Crippen LogP contribution in [0.2, 0.25) is 0 Å².